The summed E-state index contributed by atoms with van der Waals surface area (Å²) in [6, 6.07) is 18.3. The summed E-state index contributed by atoms with van der Waals surface area (Å²) in [6.07, 6.45) is 1.09. The third-order valence-electron chi connectivity index (χ3n) is 5.90. The Kier molecular flexibility index (Phi) is 6.64. The number of nitrogens with zero attached hydrogens (tertiary/aromatic N) is 1. The van der Waals surface area contributed by atoms with Gasteiger partial charge < -0.3 is 18.9 Å². The molecular formula is C26H26FNO6S. The lowest BCUT2D eigenvalue weighted by Gasteiger charge is -2.23. The van der Waals surface area contributed by atoms with Crippen molar-refractivity contribution in [3.8, 4) is 23.0 Å². The number of hydrogen-bond donors (Lipinski definition) is 0. The second-order valence-electron chi connectivity index (χ2n) is 8.53. The zero-order valence-electron chi connectivity index (χ0n) is 19.2. The zero-order valence-corrected chi connectivity index (χ0v) is 20.0. The molecule has 0 N–H and O–H groups in total. The van der Waals surface area contributed by atoms with Crippen LogP contribution in [0.3, 0.4) is 0 Å². The summed E-state index contributed by atoms with van der Waals surface area (Å²) in [7, 11) is -2.54. The fourth-order valence-electron chi connectivity index (χ4n) is 4.08. The van der Waals surface area contributed by atoms with E-state index in [0.717, 1.165) is 18.4 Å². The van der Waals surface area contributed by atoms with Crippen LogP contribution in [-0.4, -0.2) is 45.1 Å². The fraction of sp³-hybridized carbons (Fsp3) is 0.308. The maximum absolute atomic E-state index is 13.8. The molecule has 0 radical (unpaired) electrons. The van der Waals surface area contributed by atoms with Gasteiger partial charge in [-0.25, -0.2) is 12.8 Å². The van der Waals surface area contributed by atoms with Crippen molar-refractivity contribution >= 4 is 10.0 Å². The Balaban J connectivity index is 1.45. The molecule has 35 heavy (non-hydrogen) atoms. The first-order chi connectivity index (χ1) is 17.0. The maximum atomic E-state index is 13.8. The molecular weight excluding hydrogens is 473 g/mol. The van der Waals surface area contributed by atoms with E-state index in [1.165, 1.54) is 29.6 Å². The second-order valence-corrected chi connectivity index (χ2v) is 10.4. The van der Waals surface area contributed by atoms with Crippen LogP contribution in [0, 0.1) is 5.82 Å². The molecule has 1 aliphatic carbocycles. The molecule has 1 saturated carbocycles. The minimum Gasteiger partial charge on any atom is -0.493 e. The monoisotopic (exact) mass is 499 g/mol. The molecule has 3 aromatic carbocycles. The number of rotatable bonds is 8. The van der Waals surface area contributed by atoms with Gasteiger partial charge in [-0.1, -0.05) is 36.4 Å². The first kappa shape index (κ1) is 23.6. The lowest BCUT2D eigenvalue weighted by molar-refractivity contribution is 0.0334. The maximum Gasteiger partial charge on any atom is 0.250 e. The average molecular weight is 500 g/mol. The summed E-state index contributed by atoms with van der Waals surface area (Å²) in [5.41, 5.74) is 1.03. The predicted octanol–water partition coefficient (Wildman–Crippen LogP) is 4.76. The van der Waals surface area contributed by atoms with E-state index < -0.39 is 21.9 Å². The van der Waals surface area contributed by atoms with E-state index in [0.29, 0.717) is 6.61 Å². The Morgan fingerprint density at radius 3 is 2.54 bits per heavy atom. The predicted molar refractivity (Wildman–Crippen MR) is 127 cm³/mol. The van der Waals surface area contributed by atoms with E-state index in [2.05, 4.69) is 0 Å². The number of fused-ring (bicyclic) bond motifs is 1. The van der Waals surface area contributed by atoms with Crippen molar-refractivity contribution in [2.75, 3.05) is 20.3 Å². The first-order valence-corrected chi connectivity index (χ1v) is 12.8. The number of hydrogen-bond acceptors (Lipinski definition) is 6. The number of sulfonamides is 1. The van der Waals surface area contributed by atoms with Gasteiger partial charge in [0.2, 0.25) is 0 Å². The lowest BCUT2D eigenvalue weighted by atomic mass is 10.2. The van der Waals surface area contributed by atoms with E-state index in [1.807, 2.05) is 30.3 Å². The summed E-state index contributed by atoms with van der Waals surface area (Å²) < 4.78 is 66.0. The molecule has 5 rings (SSSR count). The molecule has 1 atom stereocenters. The third kappa shape index (κ3) is 5.12. The molecule has 1 unspecified atom stereocenters. The van der Waals surface area contributed by atoms with Gasteiger partial charge in [0.05, 0.1) is 26.9 Å². The van der Waals surface area contributed by atoms with Crippen LogP contribution in [0.2, 0.25) is 0 Å². The molecule has 1 fully saturated rings. The number of benzene rings is 3. The van der Waals surface area contributed by atoms with Crippen molar-refractivity contribution in [3.63, 3.8) is 0 Å². The van der Waals surface area contributed by atoms with Gasteiger partial charge in [-0.05, 0) is 42.7 Å². The van der Waals surface area contributed by atoms with Crippen molar-refractivity contribution in [2.45, 2.75) is 36.5 Å². The molecule has 0 bridgehead atoms. The van der Waals surface area contributed by atoms with Crippen LogP contribution in [0.1, 0.15) is 18.4 Å². The molecule has 0 saturated heterocycles. The largest absolute Gasteiger partial charge is 0.493 e. The highest BCUT2D eigenvalue weighted by atomic mass is 32.2. The van der Waals surface area contributed by atoms with Gasteiger partial charge in [0.1, 0.15) is 17.7 Å². The molecule has 0 amide bonds. The van der Waals surface area contributed by atoms with Crippen LogP contribution in [-0.2, 0) is 21.4 Å². The Labute approximate surface area is 204 Å². The van der Waals surface area contributed by atoms with Gasteiger partial charge in [0.15, 0.2) is 22.1 Å². The van der Waals surface area contributed by atoms with Gasteiger partial charge in [-0.15, -0.1) is 0 Å². The van der Waals surface area contributed by atoms with Gasteiger partial charge in [-0.2, -0.15) is 4.31 Å². The molecule has 0 spiro atoms. The highest BCUT2D eigenvalue weighted by molar-refractivity contribution is 7.89. The minimum absolute atomic E-state index is 0.0520. The Bertz CT molecular complexity index is 1300. The fourth-order valence-corrected chi connectivity index (χ4v) is 6.01. The summed E-state index contributed by atoms with van der Waals surface area (Å²) in [5, 5.41) is 0. The zero-order chi connectivity index (χ0) is 24.4. The molecule has 184 valence electrons. The Hall–Kier alpha value is -3.14. The van der Waals surface area contributed by atoms with Gasteiger partial charge in [0.25, 0.3) is 10.0 Å². The van der Waals surface area contributed by atoms with Crippen molar-refractivity contribution in [1.29, 1.82) is 0 Å². The van der Waals surface area contributed by atoms with E-state index in [-0.39, 0.29) is 47.1 Å². The molecule has 9 heteroatoms. The Morgan fingerprint density at radius 1 is 1.00 bits per heavy atom. The van der Waals surface area contributed by atoms with Gasteiger partial charge in [-0.3, -0.25) is 0 Å². The van der Waals surface area contributed by atoms with Gasteiger partial charge in [0, 0.05) is 12.1 Å². The average Bonchev–Trinajstić information content (AvgIpc) is 3.69. The highest BCUT2D eigenvalue weighted by Gasteiger charge is 2.44. The standard InChI is InChI=1S/C26H26FNO6S/c1-31-25-14-19(27)10-13-22(25)34-24-9-5-8-23-26(24)35(29,30)28(20-11-12-20)15-21(33-23)17-32-16-18-6-3-2-4-7-18/h2-10,13-14,20-21H,11-12,15-17H2,1H3. The van der Waals surface area contributed by atoms with Crippen molar-refractivity contribution in [1.82, 2.24) is 4.31 Å². The van der Waals surface area contributed by atoms with E-state index >= 15 is 0 Å². The number of halogens is 1. The molecule has 1 aliphatic heterocycles. The smallest absolute Gasteiger partial charge is 0.250 e. The third-order valence-corrected chi connectivity index (χ3v) is 7.88. The highest BCUT2D eigenvalue weighted by Crippen LogP contribution is 2.44. The Morgan fingerprint density at radius 2 is 1.80 bits per heavy atom. The number of methoxy groups -OCH3 is 1. The van der Waals surface area contributed by atoms with Crippen LogP contribution >= 0.6 is 0 Å². The summed E-state index contributed by atoms with van der Waals surface area (Å²) in [5.74, 6) is 0.141. The van der Waals surface area contributed by atoms with E-state index in [9.17, 15) is 12.8 Å². The van der Waals surface area contributed by atoms with Crippen molar-refractivity contribution in [2.24, 2.45) is 0 Å². The summed E-state index contributed by atoms with van der Waals surface area (Å²) >= 11 is 0. The molecule has 3 aromatic rings. The van der Waals surface area contributed by atoms with Crippen LogP contribution in [0.4, 0.5) is 4.39 Å². The molecule has 7 nitrogen and oxygen atoms in total. The van der Waals surface area contributed by atoms with Gasteiger partial charge >= 0.3 is 0 Å². The molecule has 0 aromatic heterocycles. The SMILES string of the molecule is COc1cc(F)ccc1Oc1cccc2c1S(=O)(=O)N(C1CC1)CC(COCc1ccccc1)O2. The van der Waals surface area contributed by atoms with Crippen molar-refractivity contribution < 1.29 is 31.8 Å². The number of ether oxygens (including phenoxy) is 4. The normalized spacial score (nSPS) is 19.3. The lowest BCUT2D eigenvalue weighted by Crippen LogP contribution is -2.40. The van der Waals surface area contributed by atoms with Crippen LogP contribution in [0.25, 0.3) is 0 Å². The minimum atomic E-state index is -3.93. The van der Waals surface area contributed by atoms with Crippen LogP contribution in [0.15, 0.2) is 71.6 Å². The van der Waals surface area contributed by atoms with Crippen LogP contribution < -0.4 is 14.2 Å². The quantitative estimate of drug-likeness (QED) is 0.445. The summed E-state index contributed by atoms with van der Waals surface area (Å²) in [6.45, 7) is 0.803. The van der Waals surface area contributed by atoms with Crippen LogP contribution in [0.5, 0.6) is 23.0 Å². The second kappa shape index (κ2) is 9.85. The van der Waals surface area contributed by atoms with E-state index in [1.54, 1.807) is 18.2 Å². The molecule has 2 aliphatic rings. The van der Waals surface area contributed by atoms with Crippen molar-refractivity contribution in [3.05, 3.63) is 78.1 Å². The van der Waals surface area contributed by atoms with E-state index in [4.69, 9.17) is 18.9 Å². The first-order valence-electron chi connectivity index (χ1n) is 11.4. The molecule has 1 heterocycles. The summed E-state index contributed by atoms with van der Waals surface area (Å²) in [4.78, 5) is -0.0520. The topological polar surface area (TPSA) is 74.3 Å².